The van der Waals surface area contributed by atoms with Gasteiger partial charge in [0.1, 0.15) is 43.6 Å². The molecular weight excluding hydrogens is 534 g/mol. The Kier molecular flexibility index (Phi) is 11.5. The Morgan fingerprint density at radius 3 is 2.23 bits per heavy atom. The number of methoxy groups -OCH3 is 1. The maximum atomic E-state index is 12.2. The molecule has 3 aromatic rings. The number of hydrogen-bond acceptors (Lipinski definition) is 9. The van der Waals surface area contributed by atoms with E-state index in [9.17, 15) is 4.79 Å². The zero-order chi connectivity index (χ0) is 28.9. The lowest BCUT2D eigenvalue weighted by molar-refractivity contribution is -0.132. The van der Waals surface area contributed by atoms with Crippen molar-refractivity contribution in [3.63, 3.8) is 0 Å². The van der Waals surface area contributed by atoms with Crippen molar-refractivity contribution in [2.45, 2.75) is 33.5 Å². The van der Waals surface area contributed by atoms with E-state index in [1.807, 2.05) is 68.4 Å². The van der Waals surface area contributed by atoms with E-state index in [-0.39, 0.29) is 18.4 Å². The highest BCUT2D eigenvalue weighted by Gasteiger charge is 2.19. The fourth-order valence-corrected chi connectivity index (χ4v) is 3.78. The molecule has 1 atom stereocenters. The van der Waals surface area contributed by atoms with Crippen LogP contribution in [0.5, 0.6) is 5.75 Å². The monoisotopic (exact) mass is 565 g/mol. The van der Waals surface area contributed by atoms with Gasteiger partial charge in [0.25, 0.3) is 0 Å². The standard InChI is InChI=1S/C30H32ClN3O6/c1-6-38-34-28(23-13-17-26(18-14-23)40-21(3)22-11-15-25(31)16-12-22)20(2)32-39-19-24-9-7-8-10-27(24)29(33-37-5)30(35)36-4/h7-18,21H,6,19H2,1-5H3/b32-20?,33-29?,34-28+. The lowest BCUT2D eigenvalue weighted by Gasteiger charge is -2.15. The molecule has 0 fully saturated rings. The first-order chi connectivity index (χ1) is 19.4. The number of carbonyl (C=O) groups is 1. The van der Waals surface area contributed by atoms with Crippen LogP contribution >= 0.6 is 11.6 Å². The number of benzene rings is 3. The molecule has 0 aliphatic rings. The Morgan fingerprint density at radius 2 is 1.57 bits per heavy atom. The van der Waals surface area contributed by atoms with Crippen molar-refractivity contribution in [2.24, 2.45) is 15.5 Å². The predicted molar refractivity (Wildman–Crippen MR) is 155 cm³/mol. The van der Waals surface area contributed by atoms with Gasteiger partial charge in [-0.3, -0.25) is 0 Å². The summed E-state index contributed by atoms with van der Waals surface area (Å²) in [5, 5.41) is 13.0. The van der Waals surface area contributed by atoms with Gasteiger partial charge in [0, 0.05) is 21.7 Å². The summed E-state index contributed by atoms with van der Waals surface area (Å²) < 4.78 is 10.9. The highest BCUT2D eigenvalue weighted by molar-refractivity contribution is 6.47. The normalized spacial score (nSPS) is 12.9. The predicted octanol–water partition coefficient (Wildman–Crippen LogP) is 6.34. The molecule has 40 heavy (non-hydrogen) atoms. The summed E-state index contributed by atoms with van der Waals surface area (Å²) >= 11 is 5.99. The molecule has 0 saturated heterocycles. The molecule has 0 amide bonds. The fourth-order valence-electron chi connectivity index (χ4n) is 3.66. The van der Waals surface area contributed by atoms with Crippen LogP contribution in [0.15, 0.2) is 88.3 Å². The van der Waals surface area contributed by atoms with Gasteiger partial charge in [0.15, 0.2) is 5.71 Å². The lowest BCUT2D eigenvalue weighted by atomic mass is 10.0. The third-order valence-electron chi connectivity index (χ3n) is 5.66. The highest BCUT2D eigenvalue weighted by Crippen LogP contribution is 2.24. The average Bonchev–Trinajstić information content (AvgIpc) is 2.97. The highest BCUT2D eigenvalue weighted by atomic mass is 35.5. The van der Waals surface area contributed by atoms with E-state index >= 15 is 0 Å². The maximum Gasteiger partial charge on any atom is 0.360 e. The van der Waals surface area contributed by atoms with Crippen LogP contribution in [0.25, 0.3) is 0 Å². The van der Waals surface area contributed by atoms with Crippen molar-refractivity contribution in [1.29, 1.82) is 0 Å². The summed E-state index contributed by atoms with van der Waals surface area (Å²) in [4.78, 5) is 28.0. The number of oxime groups is 3. The van der Waals surface area contributed by atoms with E-state index < -0.39 is 5.97 Å². The molecule has 3 aromatic carbocycles. The summed E-state index contributed by atoms with van der Waals surface area (Å²) in [6.07, 6.45) is -0.159. The minimum absolute atomic E-state index is 0.0242. The largest absolute Gasteiger partial charge is 0.486 e. The number of esters is 1. The zero-order valence-electron chi connectivity index (χ0n) is 23.1. The quantitative estimate of drug-likeness (QED) is 0.136. The van der Waals surface area contributed by atoms with Crippen LogP contribution in [0.1, 0.15) is 49.1 Å². The number of halogens is 1. The van der Waals surface area contributed by atoms with Gasteiger partial charge in [-0.2, -0.15) is 0 Å². The van der Waals surface area contributed by atoms with Crippen molar-refractivity contribution in [2.75, 3.05) is 20.8 Å². The van der Waals surface area contributed by atoms with E-state index in [1.54, 1.807) is 25.1 Å². The SMILES string of the molecule is CCO/N=C(\C(C)=NOCc1ccccc1C(=NOC)C(=O)OC)c1ccc(OC(C)c2ccc(Cl)cc2)cc1. The van der Waals surface area contributed by atoms with Crippen LogP contribution < -0.4 is 4.74 Å². The fraction of sp³-hybridized carbons (Fsp3) is 0.267. The molecule has 1 unspecified atom stereocenters. The molecule has 0 spiro atoms. The zero-order valence-corrected chi connectivity index (χ0v) is 23.8. The molecule has 0 N–H and O–H groups in total. The summed E-state index contributed by atoms with van der Waals surface area (Å²) in [7, 11) is 2.63. The molecular formula is C30H32ClN3O6. The molecule has 0 aliphatic heterocycles. The first-order valence-corrected chi connectivity index (χ1v) is 12.9. The molecule has 0 aliphatic carbocycles. The number of carbonyl (C=O) groups excluding carboxylic acids is 1. The van der Waals surface area contributed by atoms with E-state index in [2.05, 4.69) is 15.5 Å². The van der Waals surface area contributed by atoms with Gasteiger partial charge in [-0.05, 0) is 62.7 Å². The van der Waals surface area contributed by atoms with Gasteiger partial charge in [0.2, 0.25) is 0 Å². The molecule has 0 aromatic heterocycles. The molecule has 0 saturated carbocycles. The Balaban J connectivity index is 1.75. The van der Waals surface area contributed by atoms with Crippen LogP contribution in [-0.4, -0.2) is 43.9 Å². The maximum absolute atomic E-state index is 12.2. The summed E-state index contributed by atoms with van der Waals surface area (Å²) in [5.41, 5.74) is 3.98. The number of rotatable bonds is 13. The van der Waals surface area contributed by atoms with Crippen molar-refractivity contribution >= 4 is 34.7 Å². The van der Waals surface area contributed by atoms with Crippen molar-refractivity contribution < 1.29 is 28.8 Å². The summed E-state index contributed by atoms with van der Waals surface area (Å²) in [6, 6.07) is 22.1. The van der Waals surface area contributed by atoms with Gasteiger partial charge in [-0.25, -0.2) is 4.79 Å². The molecule has 0 bridgehead atoms. The van der Waals surface area contributed by atoms with Crippen LogP contribution in [0.4, 0.5) is 0 Å². The van der Waals surface area contributed by atoms with Crippen molar-refractivity contribution in [3.8, 4) is 5.75 Å². The van der Waals surface area contributed by atoms with Crippen molar-refractivity contribution in [3.05, 3.63) is 100 Å². The van der Waals surface area contributed by atoms with Gasteiger partial charge < -0.3 is 24.0 Å². The van der Waals surface area contributed by atoms with Crippen LogP contribution in [-0.2, 0) is 30.7 Å². The second kappa shape index (κ2) is 15.3. The first-order valence-electron chi connectivity index (χ1n) is 12.5. The second-order valence-corrected chi connectivity index (χ2v) is 8.85. The minimum atomic E-state index is -0.630. The van der Waals surface area contributed by atoms with Crippen LogP contribution in [0.2, 0.25) is 5.02 Å². The van der Waals surface area contributed by atoms with E-state index in [1.165, 1.54) is 14.2 Å². The topological polar surface area (TPSA) is 100 Å². The van der Waals surface area contributed by atoms with Gasteiger partial charge in [-0.1, -0.05) is 63.5 Å². The van der Waals surface area contributed by atoms with E-state index in [0.717, 1.165) is 11.1 Å². The molecule has 0 radical (unpaired) electrons. The second-order valence-electron chi connectivity index (χ2n) is 8.42. The van der Waals surface area contributed by atoms with Crippen LogP contribution in [0, 0.1) is 0 Å². The third kappa shape index (κ3) is 8.31. The van der Waals surface area contributed by atoms with Gasteiger partial charge >= 0.3 is 5.97 Å². The summed E-state index contributed by atoms with van der Waals surface area (Å²) in [5.74, 6) is 0.0682. The molecule has 0 heterocycles. The van der Waals surface area contributed by atoms with Gasteiger partial charge in [-0.15, -0.1) is 0 Å². The lowest BCUT2D eigenvalue weighted by Crippen LogP contribution is -2.19. The van der Waals surface area contributed by atoms with E-state index in [0.29, 0.717) is 39.9 Å². The van der Waals surface area contributed by atoms with E-state index in [4.69, 9.17) is 35.6 Å². The van der Waals surface area contributed by atoms with Crippen LogP contribution in [0.3, 0.4) is 0 Å². The number of ether oxygens (including phenoxy) is 2. The number of hydrogen-bond donors (Lipinski definition) is 0. The Morgan fingerprint density at radius 1 is 0.875 bits per heavy atom. The average molecular weight is 566 g/mol. The molecule has 3 rings (SSSR count). The molecule has 9 nitrogen and oxygen atoms in total. The Hall–Kier alpha value is -4.37. The Bertz CT molecular complexity index is 1350. The molecule has 10 heteroatoms. The van der Waals surface area contributed by atoms with Crippen molar-refractivity contribution in [1.82, 2.24) is 0 Å². The molecule has 210 valence electrons. The van der Waals surface area contributed by atoms with Gasteiger partial charge in [0.05, 0.1) is 7.11 Å². The smallest absolute Gasteiger partial charge is 0.360 e. The summed E-state index contributed by atoms with van der Waals surface area (Å²) in [6.45, 7) is 6.03. The third-order valence-corrected chi connectivity index (χ3v) is 5.91. The Labute approximate surface area is 239 Å². The minimum Gasteiger partial charge on any atom is -0.486 e. The number of nitrogens with zero attached hydrogens (tertiary/aromatic N) is 3. The first kappa shape index (κ1) is 30.2.